The number of aromatic nitrogens is 2. The Balaban J connectivity index is 1.35. The lowest BCUT2D eigenvalue weighted by atomic mass is 9.97. The Bertz CT molecular complexity index is 745. The monoisotopic (exact) mass is 366 g/mol. The molecule has 2 fully saturated rings. The number of carbonyl (C=O) groups is 1. The number of amides is 1. The van der Waals surface area contributed by atoms with Crippen molar-refractivity contribution in [3.8, 4) is 11.3 Å². The quantitative estimate of drug-likeness (QED) is 0.881. The van der Waals surface area contributed by atoms with Crippen LogP contribution in [0.2, 0.25) is 0 Å². The predicted molar refractivity (Wildman–Crippen MR) is 104 cm³/mol. The second-order valence-corrected chi connectivity index (χ2v) is 7.31. The van der Waals surface area contributed by atoms with Gasteiger partial charge in [-0.15, -0.1) is 10.2 Å². The highest BCUT2D eigenvalue weighted by Gasteiger charge is 2.27. The SMILES string of the molecule is O=C(NCC1CCCO1)C1CCCN(c2ccc(-c3ccccc3)nn2)C1. The fourth-order valence-corrected chi connectivity index (χ4v) is 3.82. The molecule has 2 saturated heterocycles. The molecule has 6 heteroatoms. The first-order chi connectivity index (χ1) is 13.3. The van der Waals surface area contributed by atoms with E-state index in [4.69, 9.17) is 4.74 Å². The molecule has 6 nitrogen and oxygen atoms in total. The first kappa shape index (κ1) is 17.9. The number of carbonyl (C=O) groups excluding carboxylic acids is 1. The molecular weight excluding hydrogens is 340 g/mol. The van der Waals surface area contributed by atoms with Crippen molar-refractivity contribution in [2.45, 2.75) is 31.8 Å². The van der Waals surface area contributed by atoms with Crippen LogP contribution in [-0.2, 0) is 9.53 Å². The van der Waals surface area contributed by atoms with Gasteiger partial charge in [0, 0.05) is 31.8 Å². The normalized spacial score (nSPS) is 22.6. The van der Waals surface area contributed by atoms with E-state index in [0.29, 0.717) is 13.1 Å². The van der Waals surface area contributed by atoms with E-state index in [1.165, 1.54) is 0 Å². The molecule has 2 aliphatic heterocycles. The molecule has 142 valence electrons. The van der Waals surface area contributed by atoms with Gasteiger partial charge in [-0.1, -0.05) is 30.3 Å². The molecule has 2 aliphatic rings. The number of nitrogens with zero attached hydrogens (tertiary/aromatic N) is 3. The molecule has 1 aromatic heterocycles. The fourth-order valence-electron chi connectivity index (χ4n) is 3.82. The third-order valence-corrected chi connectivity index (χ3v) is 5.36. The summed E-state index contributed by atoms with van der Waals surface area (Å²) >= 11 is 0. The zero-order valence-corrected chi connectivity index (χ0v) is 15.5. The van der Waals surface area contributed by atoms with Gasteiger partial charge in [0.2, 0.25) is 5.91 Å². The van der Waals surface area contributed by atoms with Gasteiger partial charge in [-0.05, 0) is 37.8 Å². The van der Waals surface area contributed by atoms with Crippen LogP contribution in [0.1, 0.15) is 25.7 Å². The number of benzene rings is 1. The van der Waals surface area contributed by atoms with E-state index in [1.54, 1.807) is 0 Å². The maximum absolute atomic E-state index is 12.5. The molecule has 2 unspecified atom stereocenters. The van der Waals surface area contributed by atoms with Crippen LogP contribution in [0.3, 0.4) is 0 Å². The second kappa shape index (κ2) is 8.48. The summed E-state index contributed by atoms with van der Waals surface area (Å²) in [6.07, 6.45) is 4.23. The van der Waals surface area contributed by atoms with Crippen molar-refractivity contribution in [1.82, 2.24) is 15.5 Å². The Morgan fingerprint density at radius 1 is 1.11 bits per heavy atom. The average molecular weight is 366 g/mol. The minimum absolute atomic E-state index is 0.00393. The predicted octanol–water partition coefficient (Wildman–Crippen LogP) is 2.66. The van der Waals surface area contributed by atoms with E-state index < -0.39 is 0 Å². The van der Waals surface area contributed by atoms with Crippen LogP contribution in [0.15, 0.2) is 42.5 Å². The summed E-state index contributed by atoms with van der Waals surface area (Å²) in [4.78, 5) is 14.7. The molecule has 0 spiro atoms. The van der Waals surface area contributed by atoms with E-state index in [1.807, 2.05) is 42.5 Å². The van der Waals surface area contributed by atoms with Gasteiger partial charge in [0.15, 0.2) is 5.82 Å². The third kappa shape index (κ3) is 4.45. The summed E-state index contributed by atoms with van der Waals surface area (Å²) < 4.78 is 5.59. The van der Waals surface area contributed by atoms with Crippen LogP contribution >= 0.6 is 0 Å². The molecule has 4 rings (SSSR count). The topological polar surface area (TPSA) is 67.3 Å². The van der Waals surface area contributed by atoms with Gasteiger partial charge in [-0.25, -0.2) is 0 Å². The number of hydrogen-bond donors (Lipinski definition) is 1. The van der Waals surface area contributed by atoms with E-state index in [9.17, 15) is 4.79 Å². The van der Waals surface area contributed by atoms with Crippen molar-refractivity contribution >= 4 is 11.7 Å². The van der Waals surface area contributed by atoms with Gasteiger partial charge < -0.3 is 15.0 Å². The summed E-state index contributed by atoms with van der Waals surface area (Å²) in [6, 6.07) is 14.0. The van der Waals surface area contributed by atoms with Crippen LogP contribution in [0.5, 0.6) is 0 Å². The number of piperidine rings is 1. The van der Waals surface area contributed by atoms with Crippen LogP contribution in [0.25, 0.3) is 11.3 Å². The lowest BCUT2D eigenvalue weighted by Gasteiger charge is -2.32. The van der Waals surface area contributed by atoms with E-state index in [2.05, 4.69) is 20.4 Å². The highest BCUT2D eigenvalue weighted by molar-refractivity contribution is 5.79. The molecular formula is C21H26N4O2. The number of hydrogen-bond acceptors (Lipinski definition) is 5. The zero-order valence-electron chi connectivity index (χ0n) is 15.5. The standard InChI is InChI=1S/C21H26N4O2/c26-21(22-14-18-9-5-13-27-18)17-8-4-12-25(15-17)20-11-10-19(23-24-20)16-6-2-1-3-7-16/h1-3,6-7,10-11,17-18H,4-5,8-9,12-15H2,(H,22,26). The van der Waals surface area contributed by atoms with Gasteiger partial charge >= 0.3 is 0 Å². The zero-order chi connectivity index (χ0) is 18.5. The Morgan fingerprint density at radius 3 is 2.74 bits per heavy atom. The number of anilines is 1. The highest BCUT2D eigenvalue weighted by atomic mass is 16.5. The van der Waals surface area contributed by atoms with Crippen LogP contribution in [0, 0.1) is 5.92 Å². The number of rotatable bonds is 5. The molecule has 0 saturated carbocycles. The summed E-state index contributed by atoms with van der Waals surface area (Å²) in [5.74, 6) is 0.964. The van der Waals surface area contributed by atoms with Crippen molar-refractivity contribution in [3.63, 3.8) is 0 Å². The van der Waals surface area contributed by atoms with Gasteiger partial charge in [-0.2, -0.15) is 0 Å². The molecule has 2 atom stereocenters. The summed E-state index contributed by atoms with van der Waals surface area (Å²) in [5, 5.41) is 11.8. The number of ether oxygens (including phenoxy) is 1. The first-order valence-electron chi connectivity index (χ1n) is 9.83. The molecule has 0 aliphatic carbocycles. The molecule has 27 heavy (non-hydrogen) atoms. The minimum atomic E-state index is -0.00393. The van der Waals surface area contributed by atoms with Crippen molar-refractivity contribution in [2.24, 2.45) is 5.92 Å². The Kier molecular flexibility index (Phi) is 5.63. The smallest absolute Gasteiger partial charge is 0.224 e. The molecule has 1 amide bonds. The van der Waals surface area contributed by atoms with Crippen molar-refractivity contribution in [2.75, 3.05) is 31.1 Å². The number of nitrogens with one attached hydrogen (secondary N) is 1. The molecule has 3 heterocycles. The van der Waals surface area contributed by atoms with Crippen LogP contribution in [-0.4, -0.2) is 48.4 Å². The molecule has 0 bridgehead atoms. The summed E-state index contributed by atoms with van der Waals surface area (Å²) in [5.41, 5.74) is 1.92. The van der Waals surface area contributed by atoms with Crippen molar-refractivity contribution < 1.29 is 9.53 Å². The van der Waals surface area contributed by atoms with Crippen LogP contribution < -0.4 is 10.2 Å². The molecule has 1 N–H and O–H groups in total. The van der Waals surface area contributed by atoms with E-state index in [0.717, 1.165) is 55.9 Å². The second-order valence-electron chi connectivity index (χ2n) is 7.31. The van der Waals surface area contributed by atoms with Gasteiger partial charge in [0.05, 0.1) is 17.7 Å². The maximum Gasteiger partial charge on any atom is 0.224 e. The fraction of sp³-hybridized carbons (Fsp3) is 0.476. The molecule has 1 aromatic carbocycles. The van der Waals surface area contributed by atoms with Crippen LogP contribution in [0.4, 0.5) is 5.82 Å². The third-order valence-electron chi connectivity index (χ3n) is 5.36. The average Bonchev–Trinajstić information content (AvgIpc) is 3.27. The summed E-state index contributed by atoms with van der Waals surface area (Å²) in [6.45, 7) is 3.04. The Labute approximate surface area is 159 Å². The van der Waals surface area contributed by atoms with E-state index in [-0.39, 0.29) is 17.9 Å². The minimum Gasteiger partial charge on any atom is -0.376 e. The van der Waals surface area contributed by atoms with E-state index >= 15 is 0 Å². The first-order valence-corrected chi connectivity index (χ1v) is 9.83. The lowest BCUT2D eigenvalue weighted by molar-refractivity contribution is -0.125. The summed E-state index contributed by atoms with van der Waals surface area (Å²) in [7, 11) is 0. The van der Waals surface area contributed by atoms with Gasteiger partial charge in [-0.3, -0.25) is 4.79 Å². The van der Waals surface area contributed by atoms with Gasteiger partial charge in [0.1, 0.15) is 0 Å². The Hall–Kier alpha value is -2.47. The molecule has 2 aromatic rings. The molecule has 0 radical (unpaired) electrons. The lowest BCUT2D eigenvalue weighted by Crippen LogP contribution is -2.45. The van der Waals surface area contributed by atoms with Crippen molar-refractivity contribution in [3.05, 3.63) is 42.5 Å². The largest absolute Gasteiger partial charge is 0.376 e. The maximum atomic E-state index is 12.5. The van der Waals surface area contributed by atoms with Gasteiger partial charge in [0.25, 0.3) is 0 Å². The van der Waals surface area contributed by atoms with Crippen molar-refractivity contribution in [1.29, 1.82) is 0 Å². The highest BCUT2D eigenvalue weighted by Crippen LogP contribution is 2.23. The Morgan fingerprint density at radius 2 is 2.00 bits per heavy atom.